The molecule has 1 N–H and O–H groups in total. The van der Waals surface area contributed by atoms with Crippen LogP contribution in [0, 0.1) is 0 Å². The van der Waals surface area contributed by atoms with Crippen molar-refractivity contribution in [3.05, 3.63) is 29.8 Å². The Morgan fingerprint density at radius 2 is 1.80 bits per heavy atom. The second-order valence-corrected chi connectivity index (χ2v) is 5.43. The van der Waals surface area contributed by atoms with E-state index in [9.17, 15) is 4.79 Å². The van der Waals surface area contributed by atoms with Crippen molar-refractivity contribution in [1.82, 2.24) is 5.32 Å². The number of hydrogen-bond acceptors (Lipinski definition) is 3. The lowest BCUT2D eigenvalue weighted by molar-refractivity contribution is -0.134. The standard InChI is InChI=1S/C16H26N2O2/c1-12(2)20-13(3)16(19)17-11-10-14-6-8-15(9-7-14)18(4)5/h6-9,12-13H,10-11H2,1-5H3,(H,17,19)/t13-/m0/s1. The molecular formula is C16H26N2O2. The second kappa shape index (κ2) is 7.90. The van der Waals surface area contributed by atoms with Crippen LogP contribution in [-0.4, -0.2) is 38.8 Å². The molecule has 1 aromatic carbocycles. The van der Waals surface area contributed by atoms with Crippen LogP contribution in [0.5, 0.6) is 0 Å². The molecule has 1 rings (SSSR count). The lowest BCUT2D eigenvalue weighted by Gasteiger charge is -2.16. The van der Waals surface area contributed by atoms with Gasteiger partial charge in [0, 0.05) is 26.3 Å². The Kier molecular flexibility index (Phi) is 6.52. The molecule has 1 atom stereocenters. The number of hydrogen-bond donors (Lipinski definition) is 1. The summed E-state index contributed by atoms with van der Waals surface area (Å²) in [7, 11) is 4.04. The molecule has 1 aromatic rings. The van der Waals surface area contributed by atoms with Gasteiger partial charge in [-0.05, 0) is 44.9 Å². The fourth-order valence-corrected chi connectivity index (χ4v) is 1.90. The molecular weight excluding hydrogens is 252 g/mol. The maximum Gasteiger partial charge on any atom is 0.248 e. The van der Waals surface area contributed by atoms with Crippen molar-refractivity contribution >= 4 is 11.6 Å². The first-order valence-corrected chi connectivity index (χ1v) is 7.09. The van der Waals surface area contributed by atoms with E-state index in [1.54, 1.807) is 6.92 Å². The van der Waals surface area contributed by atoms with E-state index in [1.807, 2.05) is 27.9 Å². The molecule has 0 fully saturated rings. The molecule has 0 spiro atoms. The summed E-state index contributed by atoms with van der Waals surface area (Å²) in [4.78, 5) is 13.8. The highest BCUT2D eigenvalue weighted by atomic mass is 16.5. The summed E-state index contributed by atoms with van der Waals surface area (Å²) in [5.41, 5.74) is 2.39. The summed E-state index contributed by atoms with van der Waals surface area (Å²) in [5.74, 6) is -0.0522. The number of nitrogens with zero attached hydrogens (tertiary/aromatic N) is 1. The van der Waals surface area contributed by atoms with Crippen LogP contribution in [0.25, 0.3) is 0 Å². The van der Waals surface area contributed by atoms with Gasteiger partial charge in [0.05, 0.1) is 6.10 Å². The van der Waals surface area contributed by atoms with Crippen molar-refractivity contribution in [3.8, 4) is 0 Å². The number of carbonyl (C=O) groups excluding carboxylic acids is 1. The van der Waals surface area contributed by atoms with Crippen LogP contribution in [0.15, 0.2) is 24.3 Å². The number of rotatable bonds is 7. The minimum atomic E-state index is -0.397. The minimum absolute atomic E-state index is 0.0522. The molecule has 0 aromatic heterocycles. The van der Waals surface area contributed by atoms with E-state index < -0.39 is 6.10 Å². The predicted molar refractivity (Wildman–Crippen MR) is 83.2 cm³/mol. The molecule has 4 nitrogen and oxygen atoms in total. The van der Waals surface area contributed by atoms with E-state index in [1.165, 1.54) is 11.3 Å². The molecule has 0 aliphatic rings. The number of nitrogens with one attached hydrogen (secondary N) is 1. The second-order valence-electron chi connectivity index (χ2n) is 5.43. The van der Waals surface area contributed by atoms with Gasteiger partial charge in [-0.25, -0.2) is 0 Å². The molecule has 20 heavy (non-hydrogen) atoms. The van der Waals surface area contributed by atoms with Crippen LogP contribution in [0.4, 0.5) is 5.69 Å². The number of amides is 1. The van der Waals surface area contributed by atoms with Gasteiger partial charge in [0.15, 0.2) is 0 Å². The summed E-state index contributed by atoms with van der Waals surface area (Å²) in [5, 5.41) is 2.90. The van der Waals surface area contributed by atoms with E-state index in [4.69, 9.17) is 4.74 Å². The summed E-state index contributed by atoms with van der Waals surface area (Å²) >= 11 is 0. The monoisotopic (exact) mass is 278 g/mol. The average Bonchev–Trinajstić information content (AvgIpc) is 2.38. The fraction of sp³-hybridized carbons (Fsp3) is 0.562. The topological polar surface area (TPSA) is 41.6 Å². The lowest BCUT2D eigenvalue weighted by Crippen LogP contribution is -2.36. The van der Waals surface area contributed by atoms with Gasteiger partial charge in [-0.1, -0.05) is 12.1 Å². The molecule has 0 unspecified atom stereocenters. The largest absolute Gasteiger partial charge is 0.378 e. The Morgan fingerprint density at radius 1 is 1.20 bits per heavy atom. The summed E-state index contributed by atoms with van der Waals surface area (Å²) in [6.07, 6.45) is 0.494. The SMILES string of the molecule is CC(C)O[C@@H](C)C(=O)NCCc1ccc(N(C)C)cc1. The van der Waals surface area contributed by atoms with E-state index in [2.05, 4.69) is 34.5 Å². The molecule has 0 bridgehead atoms. The average molecular weight is 278 g/mol. The molecule has 0 radical (unpaired) electrons. The number of ether oxygens (including phenoxy) is 1. The molecule has 4 heteroatoms. The smallest absolute Gasteiger partial charge is 0.248 e. The number of anilines is 1. The normalized spacial score (nSPS) is 12.3. The van der Waals surface area contributed by atoms with Crippen molar-refractivity contribution in [2.24, 2.45) is 0 Å². The van der Waals surface area contributed by atoms with Gasteiger partial charge < -0.3 is 15.0 Å². The quantitative estimate of drug-likeness (QED) is 0.831. The van der Waals surface area contributed by atoms with Crippen LogP contribution in [0.1, 0.15) is 26.3 Å². The van der Waals surface area contributed by atoms with Crippen LogP contribution >= 0.6 is 0 Å². The van der Waals surface area contributed by atoms with Crippen LogP contribution in [0.3, 0.4) is 0 Å². The van der Waals surface area contributed by atoms with Gasteiger partial charge in [0.2, 0.25) is 5.91 Å². The summed E-state index contributed by atoms with van der Waals surface area (Å²) in [6.45, 7) is 6.26. The van der Waals surface area contributed by atoms with Crippen molar-refractivity contribution < 1.29 is 9.53 Å². The Labute approximate surface area is 122 Å². The van der Waals surface area contributed by atoms with Gasteiger partial charge >= 0.3 is 0 Å². The molecule has 112 valence electrons. The van der Waals surface area contributed by atoms with Crippen molar-refractivity contribution in [2.75, 3.05) is 25.5 Å². The zero-order chi connectivity index (χ0) is 15.1. The third-order valence-electron chi connectivity index (χ3n) is 3.01. The zero-order valence-corrected chi connectivity index (χ0v) is 13.1. The maximum absolute atomic E-state index is 11.8. The third-order valence-corrected chi connectivity index (χ3v) is 3.01. The van der Waals surface area contributed by atoms with E-state index >= 15 is 0 Å². The first-order valence-electron chi connectivity index (χ1n) is 7.09. The Hall–Kier alpha value is -1.55. The van der Waals surface area contributed by atoms with Gasteiger partial charge in [0.25, 0.3) is 0 Å². The van der Waals surface area contributed by atoms with Gasteiger partial charge in [0.1, 0.15) is 6.10 Å². The molecule has 0 saturated heterocycles. The third kappa shape index (κ3) is 5.61. The van der Waals surface area contributed by atoms with Crippen LogP contribution < -0.4 is 10.2 Å². The summed E-state index contributed by atoms with van der Waals surface area (Å²) in [6, 6.07) is 8.36. The lowest BCUT2D eigenvalue weighted by atomic mass is 10.1. The van der Waals surface area contributed by atoms with E-state index in [-0.39, 0.29) is 12.0 Å². The molecule has 0 aliphatic carbocycles. The van der Waals surface area contributed by atoms with Gasteiger partial charge in [-0.3, -0.25) is 4.79 Å². The maximum atomic E-state index is 11.8. The van der Waals surface area contributed by atoms with E-state index in [0.717, 1.165) is 6.42 Å². The van der Waals surface area contributed by atoms with Crippen LogP contribution in [-0.2, 0) is 16.0 Å². The fourth-order valence-electron chi connectivity index (χ4n) is 1.90. The summed E-state index contributed by atoms with van der Waals surface area (Å²) < 4.78 is 5.44. The zero-order valence-electron chi connectivity index (χ0n) is 13.1. The molecule has 0 aliphatic heterocycles. The minimum Gasteiger partial charge on any atom is -0.378 e. The molecule has 1 amide bonds. The molecule has 0 saturated carbocycles. The number of benzene rings is 1. The van der Waals surface area contributed by atoms with Crippen molar-refractivity contribution in [2.45, 2.75) is 39.4 Å². The first kappa shape index (κ1) is 16.5. The highest BCUT2D eigenvalue weighted by molar-refractivity contribution is 5.80. The highest BCUT2D eigenvalue weighted by Crippen LogP contribution is 2.12. The van der Waals surface area contributed by atoms with Gasteiger partial charge in [-0.15, -0.1) is 0 Å². The highest BCUT2D eigenvalue weighted by Gasteiger charge is 2.13. The Balaban J connectivity index is 2.35. The number of carbonyl (C=O) groups is 1. The van der Waals surface area contributed by atoms with Gasteiger partial charge in [-0.2, -0.15) is 0 Å². The van der Waals surface area contributed by atoms with E-state index in [0.29, 0.717) is 6.54 Å². The predicted octanol–water partition coefficient (Wildman–Crippen LogP) is 2.22. The van der Waals surface area contributed by atoms with Crippen LogP contribution in [0.2, 0.25) is 0 Å². The first-order chi connectivity index (χ1) is 9.40. The van der Waals surface area contributed by atoms with Crippen molar-refractivity contribution in [3.63, 3.8) is 0 Å². The molecule has 0 heterocycles. The Bertz CT molecular complexity index is 413. The Morgan fingerprint density at radius 3 is 2.30 bits per heavy atom. The van der Waals surface area contributed by atoms with Crippen molar-refractivity contribution in [1.29, 1.82) is 0 Å².